The Balaban J connectivity index is 2.06. The fourth-order valence-electron chi connectivity index (χ4n) is 4.21. The molecule has 0 aliphatic carbocycles. The molecule has 5 aromatic rings. The number of ether oxygens (including phenoxy) is 1. The zero-order chi connectivity index (χ0) is 21.0. The minimum Gasteiger partial charge on any atom is -0.497 e. The van der Waals surface area contributed by atoms with Crippen LogP contribution in [-0.2, 0) is 10.0 Å². The van der Waals surface area contributed by atoms with Gasteiger partial charge in [0.05, 0.1) is 24.4 Å². The first-order valence-corrected chi connectivity index (χ1v) is 12.3. The first kappa shape index (κ1) is 19.4. The second kappa shape index (κ2) is 6.99. The third kappa shape index (κ3) is 2.81. The zero-order valence-electron chi connectivity index (χ0n) is 16.4. The van der Waals surface area contributed by atoms with Crippen LogP contribution >= 0.6 is 22.6 Å². The van der Waals surface area contributed by atoms with Gasteiger partial charge in [0.1, 0.15) is 5.75 Å². The first-order valence-electron chi connectivity index (χ1n) is 9.40. The highest BCUT2D eigenvalue weighted by Crippen LogP contribution is 2.44. The second-order valence-corrected chi connectivity index (χ2v) is 10.1. The van der Waals surface area contributed by atoms with Crippen LogP contribution in [0.2, 0.25) is 0 Å². The summed E-state index contributed by atoms with van der Waals surface area (Å²) in [5.74, 6) is 0.799. The summed E-state index contributed by atoms with van der Waals surface area (Å²) in [5, 5.41) is 3.83. The van der Waals surface area contributed by atoms with Crippen molar-refractivity contribution in [3.63, 3.8) is 0 Å². The number of para-hydroxylation sites is 1. The Hall–Kier alpha value is -2.58. The van der Waals surface area contributed by atoms with E-state index in [2.05, 4.69) is 28.7 Å². The van der Waals surface area contributed by atoms with Crippen molar-refractivity contribution in [2.75, 3.05) is 13.4 Å². The van der Waals surface area contributed by atoms with E-state index in [1.165, 1.54) is 10.2 Å². The molecule has 0 amide bonds. The van der Waals surface area contributed by atoms with Crippen LogP contribution in [0.15, 0.2) is 72.8 Å². The van der Waals surface area contributed by atoms with Gasteiger partial charge in [-0.05, 0) is 51.7 Å². The first-order chi connectivity index (χ1) is 14.4. The Kier molecular flexibility index (Phi) is 4.52. The van der Waals surface area contributed by atoms with Crippen molar-refractivity contribution in [1.82, 2.24) is 3.97 Å². The van der Waals surface area contributed by atoms with Crippen LogP contribution < -0.4 is 4.74 Å². The number of halogens is 1. The van der Waals surface area contributed by atoms with Crippen molar-refractivity contribution in [2.24, 2.45) is 0 Å². The van der Waals surface area contributed by atoms with Gasteiger partial charge in [0.2, 0.25) is 10.0 Å². The van der Waals surface area contributed by atoms with Crippen LogP contribution in [0.5, 0.6) is 5.75 Å². The van der Waals surface area contributed by atoms with Crippen LogP contribution in [-0.4, -0.2) is 25.8 Å². The molecule has 0 aliphatic rings. The Morgan fingerprint density at radius 2 is 1.43 bits per heavy atom. The Labute approximate surface area is 188 Å². The number of hydrogen-bond donors (Lipinski definition) is 0. The molecule has 0 aliphatic heterocycles. The summed E-state index contributed by atoms with van der Waals surface area (Å²) in [7, 11) is -1.86. The molecule has 0 unspecified atom stereocenters. The Bertz CT molecular complexity index is 1550. The third-order valence-corrected chi connectivity index (χ3v) is 7.55. The average molecular weight is 527 g/mol. The molecule has 0 radical (unpaired) electrons. The molecule has 0 fully saturated rings. The Morgan fingerprint density at radius 3 is 2.07 bits per heavy atom. The minimum atomic E-state index is -3.51. The second-order valence-electron chi connectivity index (χ2n) is 7.23. The summed E-state index contributed by atoms with van der Waals surface area (Å²) in [6.45, 7) is 0. The van der Waals surface area contributed by atoms with Crippen molar-refractivity contribution in [2.45, 2.75) is 0 Å². The summed E-state index contributed by atoms with van der Waals surface area (Å²) in [4.78, 5) is 0. The fraction of sp³-hybridized carbons (Fsp3) is 0.0833. The molecule has 30 heavy (non-hydrogen) atoms. The van der Waals surface area contributed by atoms with Crippen molar-refractivity contribution in [3.8, 4) is 16.9 Å². The number of hydrogen-bond acceptors (Lipinski definition) is 3. The van der Waals surface area contributed by atoms with Gasteiger partial charge in [-0.25, -0.2) is 12.4 Å². The van der Waals surface area contributed by atoms with Gasteiger partial charge in [0.25, 0.3) is 0 Å². The van der Waals surface area contributed by atoms with E-state index in [0.29, 0.717) is 5.52 Å². The molecule has 4 nitrogen and oxygen atoms in total. The molecule has 0 N–H and O–H groups in total. The maximum atomic E-state index is 12.8. The molecule has 0 saturated carbocycles. The Morgan fingerprint density at radius 1 is 0.833 bits per heavy atom. The summed E-state index contributed by atoms with van der Waals surface area (Å²) in [6.07, 6.45) is 1.26. The highest BCUT2D eigenvalue weighted by atomic mass is 127. The number of methoxy groups -OCH3 is 1. The van der Waals surface area contributed by atoms with Crippen molar-refractivity contribution in [3.05, 3.63) is 76.4 Å². The summed E-state index contributed by atoms with van der Waals surface area (Å²) >= 11 is 2.36. The van der Waals surface area contributed by atoms with Gasteiger partial charge in [-0.1, -0.05) is 54.6 Å². The van der Waals surface area contributed by atoms with Crippen molar-refractivity contribution in [1.29, 1.82) is 0 Å². The average Bonchev–Trinajstić information content (AvgIpc) is 3.11. The molecule has 1 aromatic heterocycles. The summed E-state index contributed by atoms with van der Waals surface area (Å²) in [5.41, 5.74) is 3.59. The molecule has 150 valence electrons. The number of aromatic nitrogens is 1. The maximum Gasteiger partial charge on any atom is 0.236 e. The SMILES string of the molecule is COc1ccc(-c2c(I)c3c4ccccc4n(S(C)(=O)=O)c3c3ccccc23)cc1. The minimum absolute atomic E-state index is 0.699. The standard InChI is InChI=1S/C24H18INO3S/c1-29-16-13-11-15(12-14-16)21-17-7-3-4-8-18(17)24-22(23(21)25)19-9-5-6-10-20(19)26(24)30(2,27)28/h3-14H,1-2H3. The fourth-order valence-corrected chi connectivity index (χ4v) is 6.40. The third-order valence-electron chi connectivity index (χ3n) is 5.43. The molecule has 4 aromatic carbocycles. The maximum absolute atomic E-state index is 12.8. The molecule has 0 saturated heterocycles. The number of nitrogens with zero attached hydrogens (tertiary/aromatic N) is 1. The number of fused-ring (bicyclic) bond motifs is 5. The van der Waals surface area contributed by atoms with E-state index in [0.717, 1.165) is 47.5 Å². The molecular weight excluding hydrogens is 509 g/mol. The number of benzene rings is 4. The van der Waals surface area contributed by atoms with Crippen molar-refractivity contribution < 1.29 is 13.2 Å². The van der Waals surface area contributed by atoms with E-state index in [-0.39, 0.29) is 0 Å². The van der Waals surface area contributed by atoms with Gasteiger partial charge >= 0.3 is 0 Å². The summed E-state index contributed by atoms with van der Waals surface area (Å²) < 4.78 is 33.5. The predicted octanol–water partition coefficient (Wildman–Crippen LogP) is 6.04. The topological polar surface area (TPSA) is 48.3 Å². The van der Waals surface area contributed by atoms with Gasteiger partial charge in [0, 0.05) is 25.3 Å². The molecule has 1 heterocycles. The molecule has 5 rings (SSSR count). The highest BCUT2D eigenvalue weighted by Gasteiger charge is 2.24. The van der Waals surface area contributed by atoms with Gasteiger partial charge in [-0.3, -0.25) is 0 Å². The van der Waals surface area contributed by atoms with E-state index in [1.54, 1.807) is 7.11 Å². The molecule has 6 heteroatoms. The summed E-state index contributed by atoms with van der Waals surface area (Å²) in [6, 6.07) is 23.7. The lowest BCUT2D eigenvalue weighted by Gasteiger charge is -2.14. The van der Waals surface area contributed by atoms with E-state index in [9.17, 15) is 8.42 Å². The zero-order valence-corrected chi connectivity index (χ0v) is 19.4. The van der Waals surface area contributed by atoms with E-state index >= 15 is 0 Å². The van der Waals surface area contributed by atoms with Crippen LogP contribution in [0.4, 0.5) is 0 Å². The lowest BCUT2D eigenvalue weighted by Crippen LogP contribution is -2.09. The molecule has 0 spiro atoms. The lowest BCUT2D eigenvalue weighted by molar-refractivity contribution is 0.415. The van der Waals surface area contributed by atoms with Crippen LogP contribution in [0.3, 0.4) is 0 Å². The van der Waals surface area contributed by atoms with E-state index < -0.39 is 10.0 Å². The molecular formula is C24H18INO3S. The largest absolute Gasteiger partial charge is 0.497 e. The van der Waals surface area contributed by atoms with E-state index in [4.69, 9.17) is 4.74 Å². The van der Waals surface area contributed by atoms with Gasteiger partial charge in [-0.2, -0.15) is 0 Å². The quantitative estimate of drug-likeness (QED) is 0.269. The van der Waals surface area contributed by atoms with E-state index in [1.807, 2.05) is 66.7 Å². The van der Waals surface area contributed by atoms with Gasteiger partial charge in [-0.15, -0.1) is 0 Å². The van der Waals surface area contributed by atoms with Gasteiger partial charge in [0.15, 0.2) is 0 Å². The van der Waals surface area contributed by atoms with Crippen LogP contribution in [0.25, 0.3) is 43.7 Å². The van der Waals surface area contributed by atoms with Crippen LogP contribution in [0.1, 0.15) is 0 Å². The van der Waals surface area contributed by atoms with Crippen molar-refractivity contribution >= 4 is 65.2 Å². The normalized spacial score (nSPS) is 12.1. The molecule has 0 atom stereocenters. The predicted molar refractivity (Wildman–Crippen MR) is 132 cm³/mol. The van der Waals surface area contributed by atoms with Crippen LogP contribution in [0, 0.1) is 3.57 Å². The lowest BCUT2D eigenvalue weighted by atomic mass is 9.95. The molecule has 0 bridgehead atoms. The van der Waals surface area contributed by atoms with Gasteiger partial charge < -0.3 is 4.74 Å². The smallest absolute Gasteiger partial charge is 0.236 e. The number of rotatable bonds is 3. The highest BCUT2D eigenvalue weighted by molar-refractivity contribution is 14.1. The monoisotopic (exact) mass is 527 g/mol.